The highest BCUT2D eigenvalue weighted by molar-refractivity contribution is 6.39. The van der Waals surface area contributed by atoms with Crippen molar-refractivity contribution in [3.8, 4) is 16.9 Å². The maximum Gasteiger partial charge on any atom is 0.133 e. The van der Waals surface area contributed by atoms with Crippen LogP contribution in [-0.4, -0.2) is 16.3 Å². The summed E-state index contributed by atoms with van der Waals surface area (Å²) in [6.07, 6.45) is 3.22. The highest BCUT2D eigenvalue weighted by atomic mass is 35.5. The molecule has 1 N–H and O–H groups in total. The van der Waals surface area contributed by atoms with Gasteiger partial charge in [0.2, 0.25) is 0 Å². The summed E-state index contributed by atoms with van der Waals surface area (Å²) in [6, 6.07) is 12.0. The summed E-state index contributed by atoms with van der Waals surface area (Å²) in [5.41, 5.74) is 6.46. The molecule has 0 saturated carbocycles. The van der Waals surface area contributed by atoms with Crippen LogP contribution in [0.15, 0.2) is 36.4 Å². The fraction of sp³-hybridized carbons (Fsp3) is 0.286. The van der Waals surface area contributed by atoms with Crippen molar-refractivity contribution in [3.63, 3.8) is 0 Å². The molecule has 0 unspecified atom stereocenters. The van der Waals surface area contributed by atoms with Crippen LogP contribution in [0, 0.1) is 13.8 Å². The average Bonchev–Trinajstić information content (AvgIpc) is 2.79. The Morgan fingerprint density at radius 2 is 1.77 bits per heavy atom. The molecule has 2 heterocycles. The minimum Gasteiger partial charge on any atom is -0.370 e. The first-order valence-corrected chi connectivity index (χ1v) is 9.69. The van der Waals surface area contributed by atoms with Crippen LogP contribution < -0.4 is 5.32 Å². The minimum absolute atomic E-state index is 0.634. The number of hydrogen-bond acceptors (Lipinski definition) is 2. The Kier molecular flexibility index (Phi) is 4.68. The van der Waals surface area contributed by atoms with Crippen molar-refractivity contribution in [2.75, 3.05) is 11.9 Å². The summed E-state index contributed by atoms with van der Waals surface area (Å²) < 4.78 is 2.00. The molecule has 0 fully saturated rings. The molecule has 0 atom stereocenters. The molecule has 0 saturated heterocycles. The van der Waals surface area contributed by atoms with Crippen LogP contribution in [-0.2, 0) is 6.42 Å². The normalized spacial score (nSPS) is 13.8. The van der Waals surface area contributed by atoms with Crippen LogP contribution in [0.25, 0.3) is 16.9 Å². The van der Waals surface area contributed by atoms with Crippen molar-refractivity contribution in [3.05, 3.63) is 63.1 Å². The number of anilines is 1. The van der Waals surface area contributed by atoms with E-state index in [1.54, 1.807) is 0 Å². The zero-order chi connectivity index (χ0) is 18.3. The van der Waals surface area contributed by atoms with E-state index < -0.39 is 0 Å². The Hall–Kier alpha value is -1.97. The number of halogens is 2. The van der Waals surface area contributed by atoms with E-state index in [0.717, 1.165) is 48.6 Å². The molecule has 0 radical (unpaired) electrons. The number of rotatable bonds is 2. The van der Waals surface area contributed by atoms with Gasteiger partial charge in [-0.25, -0.2) is 4.68 Å². The fourth-order valence-electron chi connectivity index (χ4n) is 3.47. The van der Waals surface area contributed by atoms with Gasteiger partial charge in [-0.1, -0.05) is 35.3 Å². The van der Waals surface area contributed by atoms with E-state index in [1.165, 1.54) is 16.7 Å². The van der Waals surface area contributed by atoms with Crippen LogP contribution in [0.2, 0.25) is 10.0 Å². The molecule has 134 valence electrons. The van der Waals surface area contributed by atoms with E-state index in [4.69, 9.17) is 28.3 Å². The molecule has 3 nitrogen and oxygen atoms in total. The zero-order valence-corrected chi connectivity index (χ0v) is 16.5. The van der Waals surface area contributed by atoms with Crippen molar-refractivity contribution >= 4 is 29.0 Å². The number of benzene rings is 2. The van der Waals surface area contributed by atoms with Gasteiger partial charge in [0.1, 0.15) is 11.5 Å². The second kappa shape index (κ2) is 6.98. The van der Waals surface area contributed by atoms with Gasteiger partial charge in [-0.05, 0) is 68.5 Å². The Morgan fingerprint density at radius 3 is 2.50 bits per heavy atom. The quantitative estimate of drug-likeness (QED) is 0.567. The Balaban J connectivity index is 1.96. The second-order valence-electron chi connectivity index (χ2n) is 6.84. The third-order valence-electron chi connectivity index (χ3n) is 5.06. The first kappa shape index (κ1) is 17.4. The molecule has 2 aromatic carbocycles. The van der Waals surface area contributed by atoms with Crippen LogP contribution >= 0.6 is 23.2 Å². The molecule has 0 bridgehead atoms. The number of aryl methyl sites for hydroxylation is 2. The predicted octanol–water partition coefficient (Wildman–Crippen LogP) is 6.21. The Labute approximate surface area is 163 Å². The van der Waals surface area contributed by atoms with E-state index >= 15 is 0 Å². The second-order valence-corrected chi connectivity index (χ2v) is 7.65. The SMILES string of the molecule is Cc1ccc(-n2nc(-c3c(Cl)cccc3Cl)c3c2NCCCC3)cc1C. The van der Waals surface area contributed by atoms with Gasteiger partial charge in [0, 0.05) is 17.7 Å². The molecule has 0 amide bonds. The summed E-state index contributed by atoms with van der Waals surface area (Å²) in [6.45, 7) is 5.19. The molecule has 4 rings (SSSR count). The summed E-state index contributed by atoms with van der Waals surface area (Å²) >= 11 is 13.0. The van der Waals surface area contributed by atoms with Crippen molar-refractivity contribution in [1.29, 1.82) is 0 Å². The number of fused-ring (bicyclic) bond motifs is 1. The number of aromatic nitrogens is 2. The fourth-order valence-corrected chi connectivity index (χ4v) is 4.05. The van der Waals surface area contributed by atoms with E-state index in [-0.39, 0.29) is 0 Å². The Morgan fingerprint density at radius 1 is 1.00 bits per heavy atom. The topological polar surface area (TPSA) is 29.9 Å². The first-order valence-electron chi connectivity index (χ1n) is 8.94. The molecule has 3 aromatic rings. The summed E-state index contributed by atoms with van der Waals surface area (Å²) in [7, 11) is 0. The largest absolute Gasteiger partial charge is 0.370 e. The van der Waals surface area contributed by atoms with Gasteiger partial charge in [-0.3, -0.25) is 0 Å². The van der Waals surface area contributed by atoms with Crippen LogP contribution in [0.3, 0.4) is 0 Å². The van der Waals surface area contributed by atoms with Crippen molar-refractivity contribution in [1.82, 2.24) is 9.78 Å². The first-order chi connectivity index (χ1) is 12.6. The lowest BCUT2D eigenvalue weighted by Crippen LogP contribution is -2.07. The lowest BCUT2D eigenvalue weighted by Gasteiger charge is -2.10. The molecular formula is C21H21Cl2N3. The van der Waals surface area contributed by atoms with E-state index in [1.807, 2.05) is 22.9 Å². The van der Waals surface area contributed by atoms with Gasteiger partial charge in [-0.2, -0.15) is 5.10 Å². The third kappa shape index (κ3) is 3.00. The minimum atomic E-state index is 0.634. The summed E-state index contributed by atoms with van der Waals surface area (Å²) in [5.74, 6) is 1.05. The van der Waals surface area contributed by atoms with Gasteiger partial charge in [0.15, 0.2) is 0 Å². The molecule has 26 heavy (non-hydrogen) atoms. The highest BCUT2D eigenvalue weighted by Gasteiger charge is 2.24. The highest BCUT2D eigenvalue weighted by Crippen LogP contribution is 2.40. The van der Waals surface area contributed by atoms with Gasteiger partial charge in [0.25, 0.3) is 0 Å². The van der Waals surface area contributed by atoms with Gasteiger partial charge in [0.05, 0.1) is 15.7 Å². The van der Waals surface area contributed by atoms with Crippen molar-refractivity contribution in [2.24, 2.45) is 0 Å². The summed E-state index contributed by atoms with van der Waals surface area (Å²) in [5, 5.41) is 9.79. The zero-order valence-electron chi connectivity index (χ0n) is 14.9. The standard InChI is InChI=1S/C21H21Cl2N3/c1-13-9-10-15(12-14(13)2)26-21-16(6-3-4-11-24-21)20(25-26)19-17(22)7-5-8-18(19)23/h5,7-10,12,24H,3-4,6,11H2,1-2H3. The molecule has 1 aliphatic rings. The van der Waals surface area contributed by atoms with Crippen LogP contribution in [0.5, 0.6) is 0 Å². The van der Waals surface area contributed by atoms with Gasteiger partial charge < -0.3 is 5.32 Å². The van der Waals surface area contributed by atoms with Crippen LogP contribution in [0.4, 0.5) is 5.82 Å². The predicted molar refractivity (Wildman–Crippen MR) is 110 cm³/mol. The molecule has 1 aliphatic heterocycles. The van der Waals surface area contributed by atoms with E-state index in [0.29, 0.717) is 10.0 Å². The Bertz CT molecular complexity index is 955. The lowest BCUT2D eigenvalue weighted by molar-refractivity contribution is 0.780. The smallest absolute Gasteiger partial charge is 0.133 e. The number of hydrogen-bond donors (Lipinski definition) is 1. The molecule has 0 spiro atoms. The third-order valence-corrected chi connectivity index (χ3v) is 5.69. The number of nitrogens with one attached hydrogen (secondary N) is 1. The average molecular weight is 386 g/mol. The van der Waals surface area contributed by atoms with Crippen molar-refractivity contribution in [2.45, 2.75) is 33.1 Å². The van der Waals surface area contributed by atoms with Crippen LogP contribution in [0.1, 0.15) is 29.5 Å². The van der Waals surface area contributed by atoms with Crippen molar-refractivity contribution < 1.29 is 0 Å². The maximum absolute atomic E-state index is 6.49. The van der Waals surface area contributed by atoms with Gasteiger partial charge >= 0.3 is 0 Å². The maximum atomic E-state index is 6.49. The van der Waals surface area contributed by atoms with E-state index in [9.17, 15) is 0 Å². The van der Waals surface area contributed by atoms with Gasteiger partial charge in [-0.15, -0.1) is 0 Å². The molecular weight excluding hydrogens is 365 g/mol. The summed E-state index contributed by atoms with van der Waals surface area (Å²) in [4.78, 5) is 0. The molecule has 0 aliphatic carbocycles. The molecule has 5 heteroatoms. The van der Waals surface area contributed by atoms with E-state index in [2.05, 4.69) is 37.4 Å². The number of nitrogens with zero attached hydrogens (tertiary/aromatic N) is 2. The molecule has 1 aromatic heterocycles. The lowest BCUT2D eigenvalue weighted by atomic mass is 10.0. The monoisotopic (exact) mass is 385 g/mol.